The van der Waals surface area contributed by atoms with Gasteiger partial charge >= 0.3 is 5.76 Å². The number of carbonyl (C=O) groups is 1. The van der Waals surface area contributed by atoms with Crippen molar-refractivity contribution in [3.8, 4) is 11.1 Å². The average molecular weight is 414 g/mol. The van der Waals surface area contributed by atoms with Crippen LogP contribution in [0, 0.1) is 11.6 Å². The predicted molar refractivity (Wildman–Crippen MR) is 108 cm³/mol. The van der Waals surface area contributed by atoms with Gasteiger partial charge in [-0.3, -0.25) is 9.36 Å². The molecular weight excluding hydrogens is 398 g/mol. The maximum absolute atomic E-state index is 14.7. The van der Waals surface area contributed by atoms with Gasteiger partial charge in [-0.2, -0.15) is 0 Å². The fraction of sp³-hybridized carbons (Fsp3) is 0.143. The molecule has 1 amide bonds. The van der Waals surface area contributed by atoms with Gasteiger partial charge in [-0.05, 0) is 35.6 Å². The van der Waals surface area contributed by atoms with Crippen molar-refractivity contribution in [2.45, 2.75) is 13.3 Å². The Labute approximate surface area is 168 Å². The molecule has 29 heavy (non-hydrogen) atoms. The minimum atomic E-state index is -0.767. The summed E-state index contributed by atoms with van der Waals surface area (Å²) in [5.41, 5.74) is 1.17. The molecule has 0 aliphatic heterocycles. The lowest BCUT2D eigenvalue weighted by Gasteiger charge is -2.17. The Kier molecular flexibility index (Phi) is 4.79. The van der Waals surface area contributed by atoms with Crippen molar-refractivity contribution < 1.29 is 18.0 Å². The summed E-state index contributed by atoms with van der Waals surface area (Å²) in [6.45, 7) is 1.81. The molecule has 5 nitrogen and oxygen atoms in total. The van der Waals surface area contributed by atoms with Crippen LogP contribution < -0.4 is 11.1 Å². The monoisotopic (exact) mass is 414 g/mol. The molecule has 0 saturated heterocycles. The zero-order valence-electron chi connectivity index (χ0n) is 15.6. The second-order valence-electron chi connectivity index (χ2n) is 6.43. The molecule has 2 aromatic heterocycles. The van der Waals surface area contributed by atoms with Gasteiger partial charge in [-0.1, -0.05) is 19.1 Å². The first-order chi connectivity index (χ1) is 13.9. The first kappa shape index (κ1) is 19.1. The number of hydrogen-bond donors (Lipinski definition) is 1. The van der Waals surface area contributed by atoms with E-state index in [1.165, 1.54) is 35.1 Å². The first-order valence-corrected chi connectivity index (χ1v) is 9.75. The SMILES string of the molecule is CCc1c(NC(=O)c2cccs2)cc2oc(=O)n(C)c2c1-c1c(F)cccc1F. The molecule has 2 aromatic carbocycles. The molecule has 4 aromatic rings. The third kappa shape index (κ3) is 3.15. The van der Waals surface area contributed by atoms with E-state index in [0.29, 0.717) is 22.5 Å². The molecule has 0 atom stereocenters. The summed E-state index contributed by atoms with van der Waals surface area (Å²) in [6, 6.07) is 8.51. The summed E-state index contributed by atoms with van der Waals surface area (Å²) in [5.74, 6) is -2.55. The van der Waals surface area contributed by atoms with Crippen molar-refractivity contribution in [3.63, 3.8) is 0 Å². The lowest BCUT2D eigenvalue weighted by atomic mass is 9.94. The number of hydrogen-bond acceptors (Lipinski definition) is 4. The van der Waals surface area contributed by atoms with Crippen LogP contribution in [-0.2, 0) is 13.5 Å². The van der Waals surface area contributed by atoms with E-state index in [4.69, 9.17) is 4.42 Å². The fourth-order valence-electron chi connectivity index (χ4n) is 3.43. The maximum Gasteiger partial charge on any atom is 0.419 e. The largest absolute Gasteiger partial charge is 0.419 e. The van der Waals surface area contributed by atoms with Gasteiger partial charge < -0.3 is 9.73 Å². The Balaban J connectivity index is 2.04. The van der Waals surface area contributed by atoms with E-state index >= 15 is 0 Å². The van der Waals surface area contributed by atoms with Crippen LogP contribution in [0.3, 0.4) is 0 Å². The number of anilines is 1. The Hall–Kier alpha value is -3.26. The standard InChI is InChI=1S/C21H16F2N2O3S/c1-3-11-14(24-20(26)16-8-5-9-29-16)10-15-19(25(2)21(27)28-15)17(11)18-12(22)6-4-7-13(18)23/h4-10H,3H2,1-2H3,(H,24,26). The first-order valence-electron chi connectivity index (χ1n) is 8.87. The molecule has 4 rings (SSSR count). The maximum atomic E-state index is 14.7. The Morgan fingerprint density at radius 3 is 2.52 bits per heavy atom. The lowest BCUT2D eigenvalue weighted by Crippen LogP contribution is -2.13. The van der Waals surface area contributed by atoms with Crippen LogP contribution >= 0.6 is 11.3 Å². The van der Waals surface area contributed by atoms with Crippen molar-refractivity contribution in [1.82, 2.24) is 4.57 Å². The van der Waals surface area contributed by atoms with Gasteiger partial charge in [0.05, 0.1) is 16.0 Å². The molecule has 0 fully saturated rings. The minimum absolute atomic E-state index is 0.133. The van der Waals surface area contributed by atoms with Crippen molar-refractivity contribution in [3.05, 3.63) is 74.4 Å². The van der Waals surface area contributed by atoms with Crippen LogP contribution in [0.15, 0.2) is 51.0 Å². The number of aromatic nitrogens is 1. The molecule has 8 heteroatoms. The molecule has 0 radical (unpaired) electrons. The van der Waals surface area contributed by atoms with Gasteiger partial charge in [0.2, 0.25) is 0 Å². The quantitative estimate of drug-likeness (QED) is 0.514. The summed E-state index contributed by atoms with van der Waals surface area (Å²) in [4.78, 5) is 25.2. The second-order valence-corrected chi connectivity index (χ2v) is 7.38. The smallest absolute Gasteiger partial charge is 0.408 e. The number of benzene rings is 2. The zero-order valence-corrected chi connectivity index (χ0v) is 16.4. The molecule has 0 aliphatic carbocycles. The highest BCUT2D eigenvalue weighted by molar-refractivity contribution is 7.12. The van der Waals surface area contributed by atoms with Gasteiger partial charge in [0.15, 0.2) is 5.58 Å². The average Bonchev–Trinajstić information content (AvgIpc) is 3.30. The van der Waals surface area contributed by atoms with E-state index in [1.54, 1.807) is 17.5 Å². The van der Waals surface area contributed by atoms with Crippen LogP contribution in [0.5, 0.6) is 0 Å². The highest BCUT2D eigenvalue weighted by Gasteiger charge is 2.25. The van der Waals surface area contributed by atoms with Crippen molar-refractivity contribution in [2.24, 2.45) is 7.05 Å². The molecule has 1 N–H and O–H groups in total. The third-order valence-corrected chi connectivity index (χ3v) is 5.61. The molecule has 0 saturated carbocycles. The minimum Gasteiger partial charge on any atom is -0.408 e. The fourth-order valence-corrected chi connectivity index (χ4v) is 4.05. The molecule has 2 heterocycles. The number of nitrogens with zero attached hydrogens (tertiary/aromatic N) is 1. The number of carbonyl (C=O) groups excluding carboxylic acids is 1. The van der Waals surface area contributed by atoms with Crippen LogP contribution in [0.4, 0.5) is 14.5 Å². The number of halogens is 2. The van der Waals surface area contributed by atoms with Crippen LogP contribution in [0.2, 0.25) is 0 Å². The third-order valence-electron chi connectivity index (χ3n) is 4.74. The van der Waals surface area contributed by atoms with Crippen LogP contribution in [-0.4, -0.2) is 10.5 Å². The summed E-state index contributed by atoms with van der Waals surface area (Å²) in [7, 11) is 1.47. The van der Waals surface area contributed by atoms with Crippen LogP contribution in [0.1, 0.15) is 22.2 Å². The van der Waals surface area contributed by atoms with Crippen molar-refractivity contribution in [2.75, 3.05) is 5.32 Å². The molecule has 0 bridgehead atoms. The Bertz CT molecular complexity index is 1270. The zero-order chi connectivity index (χ0) is 20.7. The summed E-state index contributed by atoms with van der Waals surface area (Å²) in [6.07, 6.45) is 0.360. The summed E-state index contributed by atoms with van der Waals surface area (Å²) >= 11 is 1.27. The van der Waals surface area contributed by atoms with Crippen molar-refractivity contribution in [1.29, 1.82) is 0 Å². The Morgan fingerprint density at radius 2 is 1.90 bits per heavy atom. The number of rotatable bonds is 4. The molecule has 148 valence electrons. The summed E-state index contributed by atoms with van der Waals surface area (Å²) < 4.78 is 35.9. The van der Waals surface area contributed by atoms with E-state index in [9.17, 15) is 18.4 Å². The number of aryl methyl sites for hydroxylation is 1. The van der Waals surface area contributed by atoms with E-state index in [1.807, 2.05) is 6.92 Å². The highest BCUT2D eigenvalue weighted by Crippen LogP contribution is 2.39. The molecular formula is C21H16F2N2O3S. The Morgan fingerprint density at radius 1 is 1.17 bits per heavy atom. The van der Waals surface area contributed by atoms with E-state index < -0.39 is 17.4 Å². The molecule has 0 unspecified atom stereocenters. The number of oxazole rings is 1. The van der Waals surface area contributed by atoms with Gasteiger partial charge in [0, 0.05) is 24.4 Å². The predicted octanol–water partition coefficient (Wildman–Crippen LogP) is 4.95. The highest BCUT2D eigenvalue weighted by atomic mass is 32.1. The normalized spacial score (nSPS) is 11.2. The van der Waals surface area contributed by atoms with Crippen molar-refractivity contribution >= 4 is 34.0 Å². The van der Waals surface area contributed by atoms with Gasteiger partial charge in [0.1, 0.15) is 11.6 Å². The lowest BCUT2D eigenvalue weighted by molar-refractivity contribution is 0.103. The van der Waals surface area contributed by atoms with E-state index in [-0.39, 0.29) is 28.1 Å². The number of thiophene rings is 1. The molecule has 0 spiro atoms. The number of amides is 1. The van der Waals surface area contributed by atoms with Gasteiger partial charge in [0.25, 0.3) is 5.91 Å². The van der Waals surface area contributed by atoms with Gasteiger partial charge in [-0.15, -0.1) is 11.3 Å². The second kappa shape index (κ2) is 7.29. The van der Waals surface area contributed by atoms with Gasteiger partial charge in [-0.25, -0.2) is 13.6 Å². The topological polar surface area (TPSA) is 64.2 Å². The van der Waals surface area contributed by atoms with E-state index in [2.05, 4.69) is 5.32 Å². The number of fused-ring (bicyclic) bond motifs is 1. The number of nitrogens with one attached hydrogen (secondary N) is 1. The molecule has 0 aliphatic rings. The van der Waals surface area contributed by atoms with Crippen LogP contribution in [0.25, 0.3) is 22.2 Å². The van der Waals surface area contributed by atoms with E-state index in [0.717, 1.165) is 12.1 Å². The summed E-state index contributed by atoms with van der Waals surface area (Å²) in [5, 5.41) is 4.56.